The minimum absolute atomic E-state index is 0.107. The van der Waals surface area contributed by atoms with Gasteiger partial charge in [0.15, 0.2) is 0 Å². The van der Waals surface area contributed by atoms with Crippen molar-refractivity contribution in [2.75, 3.05) is 13.2 Å². The number of ether oxygens (including phenoxy) is 1. The van der Waals surface area contributed by atoms with Crippen molar-refractivity contribution in [2.45, 2.75) is 37.1 Å². The van der Waals surface area contributed by atoms with Crippen LogP contribution in [0.3, 0.4) is 0 Å². The van der Waals surface area contributed by atoms with E-state index in [1.165, 1.54) is 24.0 Å². The maximum absolute atomic E-state index is 6.21. The molecule has 1 aromatic carbocycles. The molecular formula is C14H19NO. The Morgan fingerprint density at radius 3 is 2.81 bits per heavy atom. The molecule has 1 saturated carbocycles. The van der Waals surface area contributed by atoms with Gasteiger partial charge in [-0.05, 0) is 36.8 Å². The molecule has 1 unspecified atom stereocenters. The van der Waals surface area contributed by atoms with E-state index in [9.17, 15) is 0 Å². The molecule has 2 fully saturated rings. The molecule has 1 aliphatic carbocycles. The molecule has 1 aliphatic heterocycles. The molecule has 0 radical (unpaired) electrons. The fourth-order valence-corrected chi connectivity index (χ4v) is 2.59. The van der Waals surface area contributed by atoms with Crippen molar-refractivity contribution in [1.29, 1.82) is 0 Å². The highest BCUT2D eigenvalue weighted by molar-refractivity contribution is 5.33. The average Bonchev–Trinajstić information content (AvgIpc) is 2.83. The lowest BCUT2D eigenvalue weighted by Gasteiger charge is -2.16. The van der Waals surface area contributed by atoms with Crippen LogP contribution in [0.4, 0.5) is 0 Å². The van der Waals surface area contributed by atoms with Gasteiger partial charge in [0.05, 0.1) is 6.61 Å². The second kappa shape index (κ2) is 3.86. The van der Waals surface area contributed by atoms with Gasteiger partial charge >= 0.3 is 0 Å². The monoisotopic (exact) mass is 217 g/mol. The van der Waals surface area contributed by atoms with Crippen LogP contribution in [0.5, 0.6) is 0 Å². The fourth-order valence-electron chi connectivity index (χ4n) is 2.59. The molecule has 1 atom stereocenters. The third-order valence-electron chi connectivity index (χ3n) is 3.86. The Morgan fingerprint density at radius 2 is 2.12 bits per heavy atom. The first-order valence-electron chi connectivity index (χ1n) is 6.21. The van der Waals surface area contributed by atoms with Crippen LogP contribution < -0.4 is 5.73 Å². The molecule has 1 saturated heterocycles. The minimum atomic E-state index is 0.107. The predicted octanol–water partition coefficient (Wildman–Crippen LogP) is 2.22. The van der Waals surface area contributed by atoms with E-state index in [4.69, 9.17) is 10.5 Å². The summed E-state index contributed by atoms with van der Waals surface area (Å²) in [5, 5.41) is 0. The van der Waals surface area contributed by atoms with Crippen molar-refractivity contribution in [3.8, 4) is 0 Å². The van der Waals surface area contributed by atoms with Crippen LogP contribution in [0.2, 0.25) is 0 Å². The largest absolute Gasteiger partial charge is 0.381 e. The number of hydrogen-bond acceptors (Lipinski definition) is 2. The van der Waals surface area contributed by atoms with Crippen LogP contribution in [0, 0.1) is 0 Å². The predicted molar refractivity (Wildman–Crippen MR) is 64.5 cm³/mol. The molecule has 3 rings (SSSR count). The Labute approximate surface area is 96.8 Å². The van der Waals surface area contributed by atoms with E-state index in [0.717, 1.165) is 26.1 Å². The summed E-state index contributed by atoms with van der Waals surface area (Å²) in [5.74, 6) is 0.596. The first kappa shape index (κ1) is 10.3. The first-order valence-corrected chi connectivity index (χ1v) is 6.21. The Bertz CT molecular complexity index is 378. The molecule has 0 bridgehead atoms. The van der Waals surface area contributed by atoms with E-state index in [0.29, 0.717) is 5.92 Å². The van der Waals surface area contributed by atoms with Crippen LogP contribution in [-0.2, 0) is 11.2 Å². The summed E-state index contributed by atoms with van der Waals surface area (Å²) >= 11 is 0. The summed E-state index contributed by atoms with van der Waals surface area (Å²) in [5.41, 5.74) is 9.23. The second-order valence-corrected chi connectivity index (χ2v) is 5.30. The SMILES string of the molecule is NC1(Cc2ccccc2C2CCOC2)CC1. The zero-order valence-corrected chi connectivity index (χ0v) is 9.61. The van der Waals surface area contributed by atoms with Crippen LogP contribution >= 0.6 is 0 Å². The minimum Gasteiger partial charge on any atom is -0.381 e. The van der Waals surface area contributed by atoms with Crippen LogP contribution in [-0.4, -0.2) is 18.8 Å². The van der Waals surface area contributed by atoms with Gasteiger partial charge in [0.25, 0.3) is 0 Å². The maximum atomic E-state index is 6.21. The number of benzene rings is 1. The molecule has 0 aromatic heterocycles. The summed E-state index contributed by atoms with van der Waals surface area (Å²) in [6.45, 7) is 1.79. The standard InChI is InChI=1S/C14H19NO/c15-14(6-7-14)9-11-3-1-2-4-13(11)12-5-8-16-10-12/h1-4,12H,5-10,15H2. The maximum Gasteiger partial charge on any atom is 0.0535 e. The summed E-state index contributed by atoms with van der Waals surface area (Å²) in [4.78, 5) is 0. The zero-order chi connectivity index (χ0) is 11.0. The van der Waals surface area contributed by atoms with Crippen molar-refractivity contribution in [3.63, 3.8) is 0 Å². The summed E-state index contributed by atoms with van der Waals surface area (Å²) < 4.78 is 5.48. The lowest BCUT2D eigenvalue weighted by Crippen LogP contribution is -2.25. The van der Waals surface area contributed by atoms with Crippen molar-refractivity contribution in [2.24, 2.45) is 5.73 Å². The van der Waals surface area contributed by atoms with Gasteiger partial charge in [0.1, 0.15) is 0 Å². The van der Waals surface area contributed by atoms with Gasteiger partial charge in [-0.3, -0.25) is 0 Å². The topological polar surface area (TPSA) is 35.2 Å². The lowest BCUT2D eigenvalue weighted by atomic mass is 9.90. The van der Waals surface area contributed by atoms with Crippen LogP contribution in [0.25, 0.3) is 0 Å². The molecule has 86 valence electrons. The van der Waals surface area contributed by atoms with Gasteiger partial charge in [0.2, 0.25) is 0 Å². The normalized spacial score (nSPS) is 26.9. The Hall–Kier alpha value is -0.860. The van der Waals surface area contributed by atoms with Crippen molar-refractivity contribution < 1.29 is 4.74 Å². The highest BCUT2D eigenvalue weighted by atomic mass is 16.5. The zero-order valence-electron chi connectivity index (χ0n) is 9.61. The van der Waals surface area contributed by atoms with Crippen LogP contribution in [0.1, 0.15) is 36.3 Å². The number of hydrogen-bond donors (Lipinski definition) is 1. The molecule has 1 heterocycles. The van der Waals surface area contributed by atoms with Crippen molar-refractivity contribution in [1.82, 2.24) is 0 Å². The Kier molecular flexibility index (Phi) is 2.49. The molecule has 16 heavy (non-hydrogen) atoms. The highest BCUT2D eigenvalue weighted by Gasteiger charge is 2.38. The highest BCUT2D eigenvalue weighted by Crippen LogP contribution is 2.38. The number of nitrogens with two attached hydrogens (primary N) is 1. The molecular weight excluding hydrogens is 198 g/mol. The smallest absolute Gasteiger partial charge is 0.0535 e. The fraction of sp³-hybridized carbons (Fsp3) is 0.571. The summed E-state index contributed by atoms with van der Waals surface area (Å²) in [6, 6.07) is 8.74. The molecule has 0 spiro atoms. The summed E-state index contributed by atoms with van der Waals surface area (Å²) in [6.07, 6.45) is 4.57. The average molecular weight is 217 g/mol. The van der Waals surface area contributed by atoms with E-state index in [2.05, 4.69) is 24.3 Å². The van der Waals surface area contributed by atoms with Crippen LogP contribution in [0.15, 0.2) is 24.3 Å². The molecule has 2 nitrogen and oxygen atoms in total. The Morgan fingerprint density at radius 1 is 1.31 bits per heavy atom. The van der Waals surface area contributed by atoms with Crippen molar-refractivity contribution >= 4 is 0 Å². The van der Waals surface area contributed by atoms with Gasteiger partial charge in [0, 0.05) is 18.1 Å². The van der Waals surface area contributed by atoms with Gasteiger partial charge in [-0.1, -0.05) is 24.3 Å². The lowest BCUT2D eigenvalue weighted by molar-refractivity contribution is 0.194. The number of rotatable bonds is 3. The molecule has 1 aromatic rings. The van der Waals surface area contributed by atoms with Gasteiger partial charge in [-0.15, -0.1) is 0 Å². The van der Waals surface area contributed by atoms with E-state index in [-0.39, 0.29) is 5.54 Å². The van der Waals surface area contributed by atoms with Crippen molar-refractivity contribution in [3.05, 3.63) is 35.4 Å². The van der Waals surface area contributed by atoms with E-state index >= 15 is 0 Å². The summed E-state index contributed by atoms with van der Waals surface area (Å²) in [7, 11) is 0. The van der Waals surface area contributed by atoms with Gasteiger partial charge in [-0.2, -0.15) is 0 Å². The molecule has 2 heteroatoms. The third-order valence-corrected chi connectivity index (χ3v) is 3.86. The Balaban J connectivity index is 1.85. The van der Waals surface area contributed by atoms with Gasteiger partial charge in [-0.25, -0.2) is 0 Å². The van der Waals surface area contributed by atoms with E-state index < -0.39 is 0 Å². The first-order chi connectivity index (χ1) is 7.77. The molecule has 0 amide bonds. The quantitative estimate of drug-likeness (QED) is 0.842. The molecule has 2 N–H and O–H groups in total. The van der Waals surface area contributed by atoms with E-state index in [1.54, 1.807) is 0 Å². The second-order valence-electron chi connectivity index (χ2n) is 5.30. The van der Waals surface area contributed by atoms with Gasteiger partial charge < -0.3 is 10.5 Å². The van der Waals surface area contributed by atoms with E-state index in [1.807, 2.05) is 0 Å². The third kappa shape index (κ3) is 2.00. The molecule has 2 aliphatic rings.